The number of nitrogens with one attached hydrogen (secondary N) is 1. The number of nitrogens with zero attached hydrogens (tertiary/aromatic N) is 3. The van der Waals surface area contributed by atoms with E-state index in [4.69, 9.17) is 5.73 Å². The summed E-state index contributed by atoms with van der Waals surface area (Å²) < 4.78 is 1.37. The van der Waals surface area contributed by atoms with Crippen molar-refractivity contribution >= 4 is 11.5 Å². The van der Waals surface area contributed by atoms with Crippen molar-refractivity contribution in [3.63, 3.8) is 0 Å². The first kappa shape index (κ1) is 5.90. The first-order valence-electron chi connectivity index (χ1n) is 2.96. The molecular formula is C5H5N5O. The second-order valence-corrected chi connectivity index (χ2v) is 2.10. The largest absolute Gasteiger partial charge is 0.384 e. The number of fused-ring (bicyclic) bond motifs is 1. The van der Waals surface area contributed by atoms with Crippen LogP contribution in [-0.2, 0) is 0 Å². The van der Waals surface area contributed by atoms with E-state index in [-0.39, 0.29) is 11.1 Å². The lowest BCUT2D eigenvalue weighted by molar-refractivity contribution is 0.930. The molecule has 0 amide bonds. The molecule has 56 valence electrons. The summed E-state index contributed by atoms with van der Waals surface area (Å²) in [5, 5.41) is 9.78. The van der Waals surface area contributed by atoms with Gasteiger partial charge in [0, 0.05) is 6.07 Å². The molecule has 0 radical (unpaired) electrons. The summed E-state index contributed by atoms with van der Waals surface area (Å²) in [7, 11) is 0. The van der Waals surface area contributed by atoms with E-state index in [2.05, 4.69) is 15.3 Å². The normalized spacial score (nSPS) is 10.5. The second-order valence-electron chi connectivity index (χ2n) is 2.10. The fourth-order valence-electron chi connectivity index (χ4n) is 0.862. The van der Waals surface area contributed by atoms with Gasteiger partial charge >= 0.3 is 0 Å². The molecule has 0 spiro atoms. The number of rotatable bonds is 0. The Bertz CT molecular complexity index is 441. The fraction of sp³-hybridized carbons (Fsp3) is 0. The maximum Gasteiger partial charge on any atom is 0.228 e. The summed E-state index contributed by atoms with van der Waals surface area (Å²) >= 11 is 0. The maximum absolute atomic E-state index is 11.0. The lowest BCUT2D eigenvalue weighted by Crippen LogP contribution is -2.09. The van der Waals surface area contributed by atoms with Crippen LogP contribution in [0.15, 0.2) is 17.2 Å². The van der Waals surface area contributed by atoms with E-state index in [1.807, 2.05) is 0 Å². The minimum atomic E-state index is -0.237. The molecule has 6 nitrogen and oxygen atoms in total. The smallest absolute Gasteiger partial charge is 0.228 e. The minimum Gasteiger partial charge on any atom is -0.384 e. The van der Waals surface area contributed by atoms with Crippen molar-refractivity contribution in [3.05, 3.63) is 22.6 Å². The third-order valence-electron chi connectivity index (χ3n) is 1.30. The number of aromatic nitrogens is 4. The molecule has 0 aromatic carbocycles. The average molecular weight is 151 g/mol. The van der Waals surface area contributed by atoms with Crippen LogP contribution in [0.3, 0.4) is 0 Å². The summed E-state index contributed by atoms with van der Waals surface area (Å²) in [5.41, 5.74) is 5.36. The number of H-pyrrole nitrogens is 1. The van der Waals surface area contributed by atoms with Gasteiger partial charge in [0.15, 0.2) is 0 Å². The van der Waals surface area contributed by atoms with Crippen molar-refractivity contribution in [2.24, 2.45) is 0 Å². The minimum absolute atomic E-state index is 0.237. The number of nitrogen functional groups attached to an aromatic ring is 1. The molecule has 0 saturated carbocycles. The Morgan fingerprint density at radius 1 is 1.64 bits per heavy atom. The van der Waals surface area contributed by atoms with Crippen LogP contribution in [0.2, 0.25) is 0 Å². The molecular weight excluding hydrogens is 146 g/mol. The molecule has 6 heteroatoms. The Balaban J connectivity index is 3.02. The molecule has 0 unspecified atom stereocenters. The van der Waals surface area contributed by atoms with Crippen LogP contribution in [0.1, 0.15) is 0 Å². The van der Waals surface area contributed by atoms with Crippen LogP contribution >= 0.6 is 0 Å². The zero-order valence-corrected chi connectivity index (χ0v) is 5.48. The molecule has 2 heterocycles. The highest BCUT2D eigenvalue weighted by atomic mass is 16.1. The Hall–Kier alpha value is -1.85. The van der Waals surface area contributed by atoms with Gasteiger partial charge in [0.2, 0.25) is 11.1 Å². The van der Waals surface area contributed by atoms with E-state index in [1.54, 1.807) is 0 Å². The SMILES string of the molecule is Nc1cc(=O)c2nncn2[nH]1. The van der Waals surface area contributed by atoms with E-state index in [9.17, 15) is 4.79 Å². The van der Waals surface area contributed by atoms with Crippen molar-refractivity contribution in [3.8, 4) is 0 Å². The highest BCUT2D eigenvalue weighted by molar-refractivity contribution is 5.40. The standard InChI is InChI=1S/C5H5N5O/c6-4-1-3(11)5-8-7-2-10(5)9-4/h1-2,9H,6H2. The van der Waals surface area contributed by atoms with E-state index >= 15 is 0 Å². The summed E-state index contributed by atoms with van der Waals surface area (Å²) in [5.74, 6) is 0.294. The lowest BCUT2D eigenvalue weighted by atomic mass is 10.5. The highest BCUT2D eigenvalue weighted by Gasteiger charge is 1.99. The predicted molar refractivity (Wildman–Crippen MR) is 38.0 cm³/mol. The van der Waals surface area contributed by atoms with Crippen LogP contribution in [-0.4, -0.2) is 19.8 Å². The van der Waals surface area contributed by atoms with Crippen LogP contribution in [0.4, 0.5) is 5.82 Å². The van der Waals surface area contributed by atoms with Gasteiger partial charge < -0.3 is 5.73 Å². The molecule has 0 saturated heterocycles. The molecule has 0 aliphatic carbocycles. The predicted octanol–water partition coefficient (Wildman–Crippen LogP) is -1.00. The zero-order valence-electron chi connectivity index (χ0n) is 5.48. The van der Waals surface area contributed by atoms with E-state index in [0.717, 1.165) is 0 Å². The molecule has 0 fully saturated rings. The maximum atomic E-state index is 11.0. The summed E-state index contributed by atoms with van der Waals surface area (Å²) in [6, 6.07) is 1.27. The summed E-state index contributed by atoms with van der Waals surface area (Å²) in [6.45, 7) is 0. The average Bonchev–Trinajstić information content (AvgIpc) is 2.34. The molecule has 0 aliphatic rings. The fourth-order valence-corrected chi connectivity index (χ4v) is 0.862. The summed E-state index contributed by atoms with van der Waals surface area (Å²) in [4.78, 5) is 11.0. The van der Waals surface area contributed by atoms with E-state index in [1.165, 1.54) is 16.9 Å². The van der Waals surface area contributed by atoms with Crippen LogP contribution in [0, 0.1) is 0 Å². The lowest BCUT2D eigenvalue weighted by Gasteiger charge is -1.93. The van der Waals surface area contributed by atoms with Gasteiger partial charge in [-0.15, -0.1) is 10.2 Å². The Morgan fingerprint density at radius 2 is 2.45 bits per heavy atom. The van der Waals surface area contributed by atoms with Crippen LogP contribution in [0.5, 0.6) is 0 Å². The number of nitrogens with two attached hydrogens (primary N) is 1. The van der Waals surface area contributed by atoms with E-state index in [0.29, 0.717) is 5.82 Å². The number of anilines is 1. The van der Waals surface area contributed by atoms with Gasteiger partial charge in [0.25, 0.3) is 0 Å². The summed E-state index contributed by atoms with van der Waals surface area (Å²) in [6.07, 6.45) is 1.38. The van der Waals surface area contributed by atoms with Gasteiger partial charge in [-0.25, -0.2) is 4.52 Å². The molecule has 0 aliphatic heterocycles. The van der Waals surface area contributed by atoms with Crippen molar-refractivity contribution in [1.82, 2.24) is 19.8 Å². The third-order valence-corrected chi connectivity index (χ3v) is 1.30. The Kier molecular flexibility index (Phi) is 0.974. The zero-order chi connectivity index (χ0) is 7.84. The molecule has 3 N–H and O–H groups in total. The van der Waals surface area contributed by atoms with Gasteiger partial charge in [-0.3, -0.25) is 9.89 Å². The first-order valence-corrected chi connectivity index (χ1v) is 2.96. The quantitative estimate of drug-likeness (QED) is 0.505. The van der Waals surface area contributed by atoms with Crippen molar-refractivity contribution in [1.29, 1.82) is 0 Å². The molecule has 2 aromatic rings. The third kappa shape index (κ3) is 0.759. The number of aromatic amines is 1. The molecule has 0 atom stereocenters. The van der Waals surface area contributed by atoms with Crippen LogP contribution < -0.4 is 11.2 Å². The van der Waals surface area contributed by atoms with Crippen LogP contribution in [0.25, 0.3) is 5.65 Å². The number of hydrogen-bond donors (Lipinski definition) is 2. The second kappa shape index (κ2) is 1.82. The van der Waals surface area contributed by atoms with Gasteiger partial charge in [-0.2, -0.15) is 0 Å². The van der Waals surface area contributed by atoms with Gasteiger partial charge in [0.05, 0.1) is 0 Å². The van der Waals surface area contributed by atoms with Crippen molar-refractivity contribution in [2.75, 3.05) is 5.73 Å². The Morgan fingerprint density at radius 3 is 3.27 bits per heavy atom. The molecule has 2 aromatic heterocycles. The number of hydrogen-bond acceptors (Lipinski definition) is 4. The molecule has 2 rings (SSSR count). The van der Waals surface area contributed by atoms with Crippen molar-refractivity contribution < 1.29 is 0 Å². The van der Waals surface area contributed by atoms with Gasteiger partial charge in [-0.1, -0.05) is 0 Å². The van der Waals surface area contributed by atoms with E-state index < -0.39 is 0 Å². The Labute approximate surface area is 60.6 Å². The van der Waals surface area contributed by atoms with Gasteiger partial charge in [0.1, 0.15) is 12.1 Å². The van der Waals surface area contributed by atoms with Crippen molar-refractivity contribution in [2.45, 2.75) is 0 Å². The first-order chi connectivity index (χ1) is 5.27. The topological polar surface area (TPSA) is 89.1 Å². The highest BCUT2D eigenvalue weighted by Crippen LogP contribution is 1.91. The molecule has 0 bridgehead atoms. The molecule has 11 heavy (non-hydrogen) atoms. The monoisotopic (exact) mass is 151 g/mol. The van der Waals surface area contributed by atoms with Gasteiger partial charge in [-0.05, 0) is 0 Å².